The zero-order chi connectivity index (χ0) is 9.28. The molecule has 0 atom stereocenters. The lowest BCUT2D eigenvalue weighted by molar-refractivity contribution is -0.132. The monoisotopic (exact) mass is 221 g/mol. The second kappa shape index (κ2) is 9.69. The van der Waals surface area contributed by atoms with Gasteiger partial charge in [-0.2, -0.15) is 0 Å². The Labute approximate surface area is 76.4 Å². The molecule has 0 aliphatic rings. The molecule has 0 unspecified atom stereocenters. The van der Waals surface area contributed by atoms with Crippen LogP contribution in [0.1, 0.15) is 19.8 Å². The first-order valence-corrected chi connectivity index (χ1v) is 4.42. The molecule has 0 saturated carbocycles. The van der Waals surface area contributed by atoms with Gasteiger partial charge in [0, 0.05) is 10.9 Å². The fraction of sp³-hybridized carbons (Fsp3) is 0.500. The van der Waals surface area contributed by atoms with Crippen LogP contribution in [-0.2, 0) is 4.79 Å². The maximum absolute atomic E-state index is 9.60. The average molecular weight is 222 g/mol. The first kappa shape index (κ1) is 13.3. The number of halogens is 1. The Bertz CT molecular complexity index is 107. The molecule has 0 bridgehead atoms. The van der Waals surface area contributed by atoms with Crippen molar-refractivity contribution < 1.29 is 9.90 Å². The van der Waals surface area contributed by atoms with Crippen molar-refractivity contribution in [3.05, 3.63) is 19.1 Å². The van der Waals surface area contributed by atoms with E-state index in [1.807, 2.05) is 0 Å². The second-order valence-corrected chi connectivity index (χ2v) is 2.77. The summed E-state index contributed by atoms with van der Waals surface area (Å²) in [4.78, 5) is 9.60. The summed E-state index contributed by atoms with van der Waals surface area (Å²) >= 11 is 3.27. The largest absolute Gasteiger partial charge is 0.478 e. The summed E-state index contributed by atoms with van der Waals surface area (Å²) in [7, 11) is 0. The third kappa shape index (κ3) is 17.7. The molecule has 65 valence electrons. The number of hydrogen-bond acceptors (Lipinski definition) is 1. The van der Waals surface area contributed by atoms with Crippen LogP contribution in [0.15, 0.2) is 12.2 Å². The van der Waals surface area contributed by atoms with Gasteiger partial charge >= 0.3 is 5.97 Å². The molecule has 1 N–H and O–H groups in total. The number of carbonyl (C=O) groups is 1. The number of hydrogen-bond donors (Lipinski definition) is 1. The highest BCUT2D eigenvalue weighted by Gasteiger charge is 1.90. The molecule has 3 heteroatoms. The summed E-state index contributed by atoms with van der Waals surface area (Å²) in [6.07, 6.45) is 2.24. The van der Waals surface area contributed by atoms with Gasteiger partial charge in [0.15, 0.2) is 0 Å². The number of alkyl halides is 1. The fourth-order valence-electron chi connectivity index (χ4n) is 0.0945. The van der Waals surface area contributed by atoms with Crippen molar-refractivity contribution in [2.75, 3.05) is 5.33 Å². The van der Waals surface area contributed by atoms with Crippen molar-refractivity contribution in [1.29, 1.82) is 0 Å². The molecule has 0 fully saturated rings. The van der Waals surface area contributed by atoms with Crippen LogP contribution in [0.25, 0.3) is 0 Å². The van der Waals surface area contributed by atoms with Gasteiger partial charge in [0.25, 0.3) is 0 Å². The van der Waals surface area contributed by atoms with Crippen molar-refractivity contribution in [2.45, 2.75) is 19.8 Å². The van der Waals surface area contributed by atoms with Crippen LogP contribution in [0, 0.1) is 6.92 Å². The quantitative estimate of drug-likeness (QED) is 0.588. The van der Waals surface area contributed by atoms with E-state index in [4.69, 9.17) is 5.11 Å². The molecule has 1 radical (unpaired) electrons. The number of carboxylic acid groups (broad SMARTS) is 1. The average Bonchev–Trinajstić information content (AvgIpc) is 1.90. The number of unbranched alkanes of at least 4 members (excludes halogenated alkanes) is 1. The summed E-state index contributed by atoms with van der Waals surface area (Å²) in [5.41, 5.74) is 0.176. The molecular formula is C8H14BrO2. The van der Waals surface area contributed by atoms with Gasteiger partial charge in [-0.15, -0.1) is 0 Å². The third-order valence-electron chi connectivity index (χ3n) is 0.749. The summed E-state index contributed by atoms with van der Waals surface area (Å²) in [6.45, 7) is 8.25. The van der Waals surface area contributed by atoms with Crippen molar-refractivity contribution in [2.24, 2.45) is 0 Å². The summed E-state index contributed by atoms with van der Waals surface area (Å²) < 4.78 is 0. The topological polar surface area (TPSA) is 37.3 Å². The zero-order valence-electron chi connectivity index (χ0n) is 6.77. The van der Waals surface area contributed by atoms with E-state index in [1.54, 1.807) is 0 Å². The van der Waals surface area contributed by atoms with Crippen LogP contribution in [0.3, 0.4) is 0 Å². The van der Waals surface area contributed by atoms with Crippen LogP contribution in [0.4, 0.5) is 0 Å². The second-order valence-electron chi connectivity index (χ2n) is 1.98. The Balaban J connectivity index is 0. The van der Waals surface area contributed by atoms with Crippen molar-refractivity contribution >= 4 is 21.9 Å². The van der Waals surface area contributed by atoms with Gasteiger partial charge in [-0.25, -0.2) is 4.79 Å². The van der Waals surface area contributed by atoms with Crippen LogP contribution < -0.4 is 0 Å². The van der Waals surface area contributed by atoms with E-state index in [1.165, 1.54) is 13.3 Å². The summed E-state index contributed by atoms with van der Waals surface area (Å²) in [5.74, 6) is -0.935. The minimum atomic E-state index is -0.935. The standard InChI is InChI=1S/C4H8Br.C4H6O2/c1-2-3-4-5;1-3(2)4(5)6/h1-4H2;1H2,2H3,(H,5,6). The highest BCUT2D eigenvalue weighted by atomic mass is 79.9. The van der Waals surface area contributed by atoms with E-state index >= 15 is 0 Å². The molecular weight excluding hydrogens is 208 g/mol. The number of aliphatic carboxylic acids is 1. The lowest BCUT2D eigenvalue weighted by atomic mass is 10.4. The molecule has 0 aromatic heterocycles. The Hall–Kier alpha value is -0.310. The van der Waals surface area contributed by atoms with Gasteiger partial charge in [-0.05, 0) is 13.3 Å². The van der Waals surface area contributed by atoms with E-state index in [-0.39, 0.29) is 5.57 Å². The minimum absolute atomic E-state index is 0.176. The molecule has 0 heterocycles. The molecule has 11 heavy (non-hydrogen) atoms. The lowest BCUT2D eigenvalue weighted by Gasteiger charge is -1.79. The van der Waals surface area contributed by atoms with Gasteiger partial charge in [0.2, 0.25) is 0 Å². The Kier molecular flexibility index (Phi) is 11.7. The van der Waals surface area contributed by atoms with Gasteiger partial charge in [-0.1, -0.05) is 35.9 Å². The van der Waals surface area contributed by atoms with Gasteiger partial charge in [-0.3, -0.25) is 0 Å². The van der Waals surface area contributed by atoms with Crippen LogP contribution in [-0.4, -0.2) is 16.4 Å². The zero-order valence-corrected chi connectivity index (χ0v) is 8.35. The van der Waals surface area contributed by atoms with Gasteiger partial charge in [0.1, 0.15) is 0 Å². The van der Waals surface area contributed by atoms with E-state index in [9.17, 15) is 4.79 Å². The molecule has 0 aromatic rings. The normalized spacial score (nSPS) is 7.91. The highest BCUT2D eigenvalue weighted by Crippen LogP contribution is 1.88. The van der Waals surface area contributed by atoms with Crippen LogP contribution >= 0.6 is 15.9 Å². The van der Waals surface area contributed by atoms with Crippen molar-refractivity contribution in [1.82, 2.24) is 0 Å². The van der Waals surface area contributed by atoms with E-state index in [2.05, 4.69) is 29.4 Å². The Morgan fingerprint density at radius 1 is 1.64 bits per heavy atom. The summed E-state index contributed by atoms with van der Waals surface area (Å²) in [5, 5.41) is 8.98. The Morgan fingerprint density at radius 2 is 2.00 bits per heavy atom. The van der Waals surface area contributed by atoms with Crippen LogP contribution in [0.2, 0.25) is 0 Å². The fourth-order valence-corrected chi connectivity index (χ4v) is 0.491. The molecule has 2 nitrogen and oxygen atoms in total. The molecule has 0 rings (SSSR count). The van der Waals surface area contributed by atoms with Crippen molar-refractivity contribution in [3.8, 4) is 0 Å². The molecule has 0 amide bonds. The first-order chi connectivity index (χ1) is 5.06. The molecule has 0 aromatic carbocycles. The number of carboxylic acids is 1. The number of rotatable bonds is 3. The van der Waals surface area contributed by atoms with Crippen molar-refractivity contribution in [3.63, 3.8) is 0 Å². The third-order valence-corrected chi connectivity index (χ3v) is 1.31. The SMILES string of the molecule is C=C(C)C(=O)O.[CH2]CCCBr. The maximum atomic E-state index is 9.60. The van der Waals surface area contributed by atoms with E-state index in [0.29, 0.717) is 0 Å². The van der Waals surface area contributed by atoms with E-state index < -0.39 is 5.97 Å². The molecule has 0 aliphatic heterocycles. The van der Waals surface area contributed by atoms with Gasteiger partial charge < -0.3 is 5.11 Å². The molecule has 0 spiro atoms. The Morgan fingerprint density at radius 3 is 2.00 bits per heavy atom. The predicted octanol–water partition coefficient (Wildman–Crippen LogP) is 2.64. The maximum Gasteiger partial charge on any atom is 0.330 e. The lowest BCUT2D eigenvalue weighted by Crippen LogP contribution is -1.92. The van der Waals surface area contributed by atoms with Gasteiger partial charge in [0.05, 0.1) is 0 Å². The van der Waals surface area contributed by atoms with Crippen LogP contribution in [0.5, 0.6) is 0 Å². The molecule has 0 saturated heterocycles. The highest BCUT2D eigenvalue weighted by molar-refractivity contribution is 9.09. The van der Waals surface area contributed by atoms with E-state index in [0.717, 1.165) is 11.8 Å². The summed E-state index contributed by atoms with van der Waals surface area (Å²) in [6, 6.07) is 0. The first-order valence-electron chi connectivity index (χ1n) is 3.30. The smallest absolute Gasteiger partial charge is 0.330 e. The molecule has 0 aliphatic carbocycles. The predicted molar refractivity (Wildman–Crippen MR) is 50.8 cm³/mol. The minimum Gasteiger partial charge on any atom is -0.478 e.